The number of imide groups is 1. The van der Waals surface area contributed by atoms with E-state index in [0.29, 0.717) is 65.8 Å². The summed E-state index contributed by atoms with van der Waals surface area (Å²) >= 11 is 1.33. The van der Waals surface area contributed by atoms with Crippen LogP contribution < -0.4 is 30.1 Å². The van der Waals surface area contributed by atoms with Crippen LogP contribution in [0.1, 0.15) is 56.6 Å². The van der Waals surface area contributed by atoms with Crippen LogP contribution in [0, 0.1) is 33.8 Å². The van der Waals surface area contributed by atoms with Gasteiger partial charge >= 0.3 is 6.03 Å². The number of carbonyl (C=O) groups excluding carboxylic acids is 2. The molecule has 2 aliphatic carbocycles. The van der Waals surface area contributed by atoms with Gasteiger partial charge in [0, 0.05) is 81.2 Å². The number of nitrogens with one attached hydrogen (secondary N) is 2. The number of likely N-dealkylation sites (tertiary alicyclic amines) is 1. The van der Waals surface area contributed by atoms with Crippen molar-refractivity contribution in [1.29, 1.82) is 5.26 Å². The van der Waals surface area contributed by atoms with Gasteiger partial charge in [0.2, 0.25) is 5.91 Å². The number of ether oxygens (including phenoxy) is 2. The molecule has 6 aliphatic rings. The van der Waals surface area contributed by atoms with Gasteiger partial charge in [-0.2, -0.15) is 10.4 Å². The van der Waals surface area contributed by atoms with Crippen molar-refractivity contribution in [3.63, 3.8) is 0 Å². The number of halogens is 2. The van der Waals surface area contributed by atoms with E-state index in [1.54, 1.807) is 40.8 Å². The number of fused-ring (bicyclic) bond motifs is 2. The molecule has 2 saturated carbocycles. The third-order valence-electron chi connectivity index (χ3n) is 14.5. The number of anilines is 3. The molecule has 16 nitrogen and oxygen atoms in total. The maximum absolute atomic E-state index is 15.7. The molecule has 19 heteroatoms. The largest absolute Gasteiger partial charge is 0.453 e. The number of hydrogen-bond donors (Lipinski definition) is 2. The lowest BCUT2D eigenvalue weighted by atomic mass is 9.57. The van der Waals surface area contributed by atoms with Crippen LogP contribution in [0.3, 0.4) is 0 Å². The van der Waals surface area contributed by atoms with E-state index < -0.39 is 11.8 Å². The third kappa shape index (κ3) is 7.11. The van der Waals surface area contributed by atoms with Crippen molar-refractivity contribution in [2.75, 3.05) is 73.5 Å². The zero-order chi connectivity index (χ0) is 43.9. The van der Waals surface area contributed by atoms with Gasteiger partial charge in [-0.1, -0.05) is 0 Å². The highest BCUT2D eigenvalue weighted by Gasteiger charge is 2.56. The monoisotopic (exact) mass is 891 g/mol. The van der Waals surface area contributed by atoms with Crippen molar-refractivity contribution < 1.29 is 27.8 Å². The van der Waals surface area contributed by atoms with Crippen LogP contribution in [-0.4, -0.2) is 106 Å². The number of nitriles is 1. The Labute approximate surface area is 371 Å². The summed E-state index contributed by atoms with van der Waals surface area (Å²) in [6.45, 7) is 6.48. The fraction of sp³-hybridized carbons (Fsp3) is 0.467. The number of nitrogens with zero attached hydrogens (tertiary/aromatic N) is 9. The summed E-state index contributed by atoms with van der Waals surface area (Å²) < 4.78 is 50.9. The Balaban J connectivity index is 0.690. The van der Waals surface area contributed by atoms with Crippen molar-refractivity contribution in [2.24, 2.45) is 17.9 Å². The highest BCUT2D eigenvalue weighted by Crippen LogP contribution is 2.57. The van der Waals surface area contributed by atoms with E-state index in [4.69, 9.17) is 9.47 Å². The zero-order valence-electron chi connectivity index (χ0n) is 35.3. The van der Waals surface area contributed by atoms with Crippen LogP contribution in [0.15, 0.2) is 53.6 Å². The summed E-state index contributed by atoms with van der Waals surface area (Å²) in [6.07, 6.45) is 7.95. The van der Waals surface area contributed by atoms with Crippen molar-refractivity contribution in [2.45, 2.75) is 57.0 Å². The fourth-order valence-electron chi connectivity index (χ4n) is 10.9. The average Bonchev–Trinajstić information content (AvgIpc) is 3.56. The van der Waals surface area contributed by atoms with Gasteiger partial charge < -0.3 is 24.0 Å². The SMILES string of the molecule is Cn1nc(N2CCC(=O)NC2=O)c2cc(F)c(N3CC4(CC(N5CCC6(CC5)CC(n5cnc7ccc(Oc8c(F)ccc(NSN9CCOCC9)c8C#N)cc7c5=O)C6)C4)C3)cc21. The molecule has 4 aliphatic heterocycles. The first-order valence-corrected chi connectivity index (χ1v) is 22.7. The number of amides is 3. The quantitative estimate of drug-likeness (QED) is 0.164. The molecule has 6 fully saturated rings. The fourth-order valence-corrected chi connectivity index (χ4v) is 11.6. The second-order valence-corrected chi connectivity index (χ2v) is 19.3. The molecule has 4 saturated heterocycles. The van der Waals surface area contributed by atoms with E-state index >= 15 is 8.78 Å². The number of piperidine rings is 1. The van der Waals surface area contributed by atoms with E-state index in [1.807, 2.05) is 6.07 Å². The average molecular weight is 892 g/mol. The second-order valence-electron chi connectivity index (χ2n) is 18.4. The minimum Gasteiger partial charge on any atom is -0.453 e. The Morgan fingerprint density at radius 3 is 2.44 bits per heavy atom. The standard InChI is InChI=1S/C45H47F2N11O5S/c1-53-37-18-38(34(47)17-31(37)41(51-53)57-9-6-39(59)50-43(57)61)55-24-45(25-55)19-27(20-45)54-10-7-44(8-11-54)21-28(22-44)58-26-49-35-4-2-29(16-30(35)42(58)60)63-40-32(23-48)36(5-3-33(40)46)52-64-56-12-14-62-15-13-56/h2-5,16-18,26-28,52H,6-15,19-22,24-25H2,1H3,(H,50,59,61). The highest BCUT2D eigenvalue weighted by molar-refractivity contribution is 7.98. The first-order valence-electron chi connectivity index (χ1n) is 21.9. The Hall–Kier alpha value is -5.81. The number of rotatable bonds is 9. The lowest BCUT2D eigenvalue weighted by Crippen LogP contribution is -2.67. The number of carbonyl (C=O) groups is 2. The van der Waals surface area contributed by atoms with E-state index in [9.17, 15) is 19.6 Å². The number of urea groups is 1. The molecule has 64 heavy (non-hydrogen) atoms. The predicted octanol–water partition coefficient (Wildman–Crippen LogP) is 6.07. The molecule has 5 aromatic rings. The zero-order valence-corrected chi connectivity index (χ0v) is 36.1. The van der Waals surface area contributed by atoms with Gasteiger partial charge in [-0.15, -0.1) is 0 Å². The van der Waals surface area contributed by atoms with Crippen LogP contribution >= 0.6 is 12.1 Å². The summed E-state index contributed by atoms with van der Waals surface area (Å²) in [6, 6.07) is 13.0. The Kier molecular flexibility index (Phi) is 10.1. The number of hydrogen-bond acceptors (Lipinski definition) is 13. The highest BCUT2D eigenvalue weighted by atomic mass is 32.2. The summed E-state index contributed by atoms with van der Waals surface area (Å²) in [5.41, 5.74) is 2.44. The van der Waals surface area contributed by atoms with Gasteiger partial charge in [-0.05, 0) is 99.5 Å². The Morgan fingerprint density at radius 2 is 1.69 bits per heavy atom. The van der Waals surface area contributed by atoms with Gasteiger partial charge in [0.1, 0.15) is 23.2 Å². The minimum atomic E-state index is -0.684. The molecule has 332 valence electrons. The van der Waals surface area contributed by atoms with Gasteiger partial charge in [-0.25, -0.2) is 22.9 Å². The Morgan fingerprint density at radius 1 is 0.922 bits per heavy atom. The van der Waals surface area contributed by atoms with Crippen molar-refractivity contribution in [3.8, 4) is 17.6 Å². The van der Waals surface area contributed by atoms with E-state index in [0.717, 1.165) is 70.2 Å². The predicted molar refractivity (Wildman–Crippen MR) is 236 cm³/mol. The molecule has 3 amide bonds. The van der Waals surface area contributed by atoms with Crippen molar-refractivity contribution >= 4 is 63.1 Å². The van der Waals surface area contributed by atoms with E-state index in [1.165, 1.54) is 35.2 Å². The van der Waals surface area contributed by atoms with E-state index in [2.05, 4.69) is 40.3 Å². The second kappa shape index (κ2) is 15.7. The first kappa shape index (κ1) is 40.9. The minimum absolute atomic E-state index is 0.0260. The van der Waals surface area contributed by atoms with Gasteiger partial charge in [0.05, 0.1) is 47.3 Å². The molecule has 11 rings (SSSR count). The lowest BCUT2D eigenvalue weighted by Gasteiger charge is -2.63. The molecule has 0 radical (unpaired) electrons. The third-order valence-corrected chi connectivity index (χ3v) is 15.4. The van der Waals surface area contributed by atoms with Crippen LogP contribution in [0.25, 0.3) is 21.8 Å². The molecular formula is C45H47F2N11O5S. The molecular weight excluding hydrogens is 845 g/mol. The van der Waals surface area contributed by atoms with Gasteiger partial charge in [0.15, 0.2) is 17.4 Å². The van der Waals surface area contributed by atoms with Crippen LogP contribution in [-0.2, 0) is 16.6 Å². The van der Waals surface area contributed by atoms with Gasteiger partial charge in [-0.3, -0.25) is 29.1 Å². The lowest BCUT2D eigenvalue weighted by molar-refractivity contribution is -0.120. The molecule has 6 heterocycles. The summed E-state index contributed by atoms with van der Waals surface area (Å²) in [5.74, 6) is -0.996. The molecule has 2 N–H and O–H groups in total. The molecule has 0 bridgehead atoms. The van der Waals surface area contributed by atoms with Crippen LogP contribution in [0.5, 0.6) is 11.5 Å². The summed E-state index contributed by atoms with van der Waals surface area (Å²) in [7, 11) is 1.78. The van der Waals surface area contributed by atoms with Crippen molar-refractivity contribution in [3.05, 3.63) is 76.3 Å². The topological polar surface area (TPSA) is 166 Å². The Bertz CT molecular complexity index is 2810. The molecule has 2 spiro atoms. The molecule has 3 aromatic carbocycles. The van der Waals surface area contributed by atoms with Gasteiger partial charge in [0.25, 0.3) is 5.56 Å². The number of aryl methyl sites for hydroxylation is 1. The molecule has 2 aromatic heterocycles. The number of benzene rings is 3. The first-order chi connectivity index (χ1) is 31.0. The van der Waals surface area contributed by atoms with Crippen molar-refractivity contribution in [1.82, 2.24) is 33.9 Å². The normalized spacial score (nSPS) is 21.5. The smallest absolute Gasteiger partial charge is 0.329 e. The number of morpholine rings is 1. The summed E-state index contributed by atoms with van der Waals surface area (Å²) in [4.78, 5) is 48.9. The van der Waals surface area contributed by atoms with E-state index in [-0.39, 0.29) is 64.2 Å². The summed E-state index contributed by atoms with van der Waals surface area (Å²) in [5, 5.41) is 17.8. The molecule has 0 unspecified atom stereocenters. The van der Waals surface area contributed by atoms with Crippen LogP contribution in [0.4, 0.5) is 30.8 Å². The molecule has 0 atom stereocenters. The number of aromatic nitrogens is 4. The van der Waals surface area contributed by atoms with Crippen LogP contribution in [0.2, 0.25) is 0 Å². The maximum atomic E-state index is 15.7. The maximum Gasteiger partial charge on any atom is 0.329 e.